The molecule has 0 radical (unpaired) electrons. The summed E-state index contributed by atoms with van der Waals surface area (Å²) >= 11 is 0. The summed E-state index contributed by atoms with van der Waals surface area (Å²) < 4.78 is 5.03. The molecule has 130 valence electrons. The van der Waals surface area contributed by atoms with Crippen LogP contribution in [-0.2, 0) is 20.7 Å². The van der Waals surface area contributed by atoms with Gasteiger partial charge in [-0.05, 0) is 37.3 Å². The second-order valence-corrected chi connectivity index (χ2v) is 6.47. The molecule has 0 aliphatic carbocycles. The smallest absolute Gasteiger partial charge is 0.306 e. The van der Waals surface area contributed by atoms with Crippen LogP contribution in [0.3, 0.4) is 0 Å². The van der Waals surface area contributed by atoms with Crippen molar-refractivity contribution in [2.45, 2.75) is 46.1 Å². The van der Waals surface area contributed by atoms with Crippen molar-refractivity contribution in [3.05, 3.63) is 36.0 Å². The van der Waals surface area contributed by atoms with E-state index in [-0.39, 0.29) is 24.5 Å². The van der Waals surface area contributed by atoms with Gasteiger partial charge in [0.15, 0.2) is 6.61 Å². The molecule has 5 heteroatoms. The quantitative estimate of drug-likeness (QED) is 0.730. The van der Waals surface area contributed by atoms with Gasteiger partial charge in [0, 0.05) is 29.6 Å². The Balaban J connectivity index is 1.69. The number of benzene rings is 1. The first kappa shape index (κ1) is 18.0. The lowest BCUT2D eigenvalue weighted by atomic mass is 10.1. The Morgan fingerprint density at radius 1 is 1.21 bits per heavy atom. The number of para-hydroxylation sites is 1. The lowest BCUT2D eigenvalue weighted by Crippen LogP contribution is -2.38. The van der Waals surface area contributed by atoms with Crippen LogP contribution in [-0.4, -0.2) is 29.5 Å². The number of nitrogens with one attached hydrogen (secondary N) is 2. The molecule has 5 nitrogen and oxygen atoms in total. The summed E-state index contributed by atoms with van der Waals surface area (Å²) in [7, 11) is 0. The minimum Gasteiger partial charge on any atom is -0.456 e. The van der Waals surface area contributed by atoms with Crippen molar-refractivity contribution in [2.24, 2.45) is 5.92 Å². The Kier molecular flexibility index (Phi) is 6.41. The van der Waals surface area contributed by atoms with E-state index >= 15 is 0 Å². The second kappa shape index (κ2) is 8.52. The van der Waals surface area contributed by atoms with E-state index in [1.165, 1.54) is 10.9 Å². The molecule has 0 bridgehead atoms. The fourth-order valence-electron chi connectivity index (χ4n) is 2.44. The number of aromatic amines is 1. The van der Waals surface area contributed by atoms with Gasteiger partial charge in [-0.15, -0.1) is 0 Å². The fourth-order valence-corrected chi connectivity index (χ4v) is 2.44. The van der Waals surface area contributed by atoms with E-state index in [4.69, 9.17) is 4.74 Å². The van der Waals surface area contributed by atoms with Gasteiger partial charge in [-0.2, -0.15) is 0 Å². The average molecular weight is 330 g/mol. The van der Waals surface area contributed by atoms with E-state index in [1.54, 1.807) is 0 Å². The fraction of sp³-hybridized carbons (Fsp3) is 0.474. The van der Waals surface area contributed by atoms with E-state index in [2.05, 4.69) is 16.4 Å². The average Bonchev–Trinajstić information content (AvgIpc) is 2.96. The monoisotopic (exact) mass is 330 g/mol. The molecule has 0 saturated carbocycles. The van der Waals surface area contributed by atoms with Gasteiger partial charge in [0.05, 0.1) is 0 Å². The molecule has 0 saturated heterocycles. The van der Waals surface area contributed by atoms with Gasteiger partial charge in [-0.25, -0.2) is 0 Å². The number of H-pyrrole nitrogens is 1. The maximum atomic E-state index is 11.7. The molecule has 2 aromatic rings. The third-order valence-electron chi connectivity index (χ3n) is 4.25. The minimum atomic E-state index is -0.331. The zero-order valence-electron chi connectivity index (χ0n) is 14.6. The number of aryl methyl sites for hydroxylation is 1. The van der Waals surface area contributed by atoms with E-state index in [9.17, 15) is 9.59 Å². The molecule has 1 heterocycles. The first-order valence-electron chi connectivity index (χ1n) is 8.47. The van der Waals surface area contributed by atoms with Crippen LogP contribution in [0, 0.1) is 5.92 Å². The molecule has 0 fully saturated rings. The number of ether oxygens (including phenoxy) is 1. The van der Waals surface area contributed by atoms with Crippen molar-refractivity contribution >= 4 is 22.8 Å². The molecule has 2 rings (SSSR count). The van der Waals surface area contributed by atoms with Gasteiger partial charge in [0.1, 0.15) is 0 Å². The molecule has 0 unspecified atom stereocenters. The number of esters is 1. The number of amides is 1. The van der Waals surface area contributed by atoms with Crippen molar-refractivity contribution in [2.75, 3.05) is 6.61 Å². The highest BCUT2D eigenvalue weighted by Crippen LogP contribution is 2.19. The summed E-state index contributed by atoms with van der Waals surface area (Å²) in [6.07, 6.45) is 3.80. The Morgan fingerprint density at radius 3 is 2.71 bits per heavy atom. The number of carbonyl (C=O) groups is 2. The zero-order chi connectivity index (χ0) is 17.5. The number of aromatic nitrogens is 1. The number of rotatable bonds is 8. The standard InChI is InChI=1S/C19H26N2O3/c1-13(2)14(3)21-18(22)12-24-19(23)10-6-7-15-11-20-17-9-5-4-8-16(15)17/h4-5,8-9,11,13-14,20H,6-7,10,12H2,1-3H3,(H,21,22)/t14-/m1/s1. The van der Waals surface area contributed by atoms with Crippen molar-refractivity contribution < 1.29 is 14.3 Å². The van der Waals surface area contributed by atoms with Crippen LogP contribution >= 0.6 is 0 Å². The Hall–Kier alpha value is -2.30. The first-order valence-corrected chi connectivity index (χ1v) is 8.47. The molecule has 1 atom stereocenters. The third-order valence-corrected chi connectivity index (χ3v) is 4.25. The van der Waals surface area contributed by atoms with E-state index in [0.29, 0.717) is 18.8 Å². The molecular formula is C19H26N2O3. The zero-order valence-corrected chi connectivity index (χ0v) is 14.6. The number of hydrogen-bond donors (Lipinski definition) is 2. The van der Waals surface area contributed by atoms with Gasteiger partial charge >= 0.3 is 5.97 Å². The normalized spacial score (nSPS) is 12.3. The lowest BCUT2D eigenvalue weighted by molar-refractivity contribution is -0.148. The van der Waals surface area contributed by atoms with Crippen molar-refractivity contribution in [3.8, 4) is 0 Å². The molecule has 24 heavy (non-hydrogen) atoms. The summed E-state index contributed by atoms with van der Waals surface area (Å²) in [5.41, 5.74) is 2.30. The largest absolute Gasteiger partial charge is 0.456 e. The Bertz CT molecular complexity index is 691. The summed E-state index contributed by atoms with van der Waals surface area (Å²) in [5, 5.41) is 4.00. The van der Waals surface area contributed by atoms with Gasteiger partial charge in [-0.3, -0.25) is 9.59 Å². The molecule has 1 amide bonds. The van der Waals surface area contributed by atoms with Crippen LogP contribution in [0.4, 0.5) is 0 Å². The van der Waals surface area contributed by atoms with E-state index < -0.39 is 0 Å². The predicted octanol–water partition coefficient (Wildman–Crippen LogP) is 3.19. The van der Waals surface area contributed by atoms with Gasteiger partial charge in [-0.1, -0.05) is 32.0 Å². The topological polar surface area (TPSA) is 71.2 Å². The molecular weight excluding hydrogens is 304 g/mol. The highest BCUT2D eigenvalue weighted by molar-refractivity contribution is 5.83. The van der Waals surface area contributed by atoms with Crippen LogP contribution in [0.15, 0.2) is 30.5 Å². The van der Waals surface area contributed by atoms with Crippen LogP contribution in [0.2, 0.25) is 0 Å². The van der Waals surface area contributed by atoms with Crippen molar-refractivity contribution in [3.63, 3.8) is 0 Å². The van der Waals surface area contributed by atoms with E-state index in [0.717, 1.165) is 11.9 Å². The Morgan fingerprint density at radius 2 is 1.96 bits per heavy atom. The maximum absolute atomic E-state index is 11.7. The number of carbonyl (C=O) groups excluding carboxylic acids is 2. The molecule has 0 spiro atoms. The molecule has 0 aliphatic rings. The second-order valence-electron chi connectivity index (χ2n) is 6.47. The SMILES string of the molecule is CC(C)[C@@H](C)NC(=O)COC(=O)CCCc1c[nH]c2ccccc12. The van der Waals surface area contributed by atoms with Gasteiger partial charge in [0.2, 0.25) is 0 Å². The van der Waals surface area contributed by atoms with Gasteiger partial charge < -0.3 is 15.0 Å². The van der Waals surface area contributed by atoms with Crippen LogP contribution in [0.1, 0.15) is 39.2 Å². The lowest BCUT2D eigenvalue weighted by Gasteiger charge is -2.17. The summed E-state index contributed by atoms with van der Waals surface area (Å²) in [6, 6.07) is 8.16. The number of fused-ring (bicyclic) bond motifs is 1. The predicted molar refractivity (Wildman–Crippen MR) is 94.6 cm³/mol. The van der Waals surface area contributed by atoms with Crippen LogP contribution < -0.4 is 5.32 Å². The van der Waals surface area contributed by atoms with Crippen molar-refractivity contribution in [1.29, 1.82) is 0 Å². The molecule has 1 aromatic carbocycles. The van der Waals surface area contributed by atoms with Gasteiger partial charge in [0.25, 0.3) is 5.91 Å². The minimum absolute atomic E-state index is 0.0677. The molecule has 2 N–H and O–H groups in total. The highest BCUT2D eigenvalue weighted by atomic mass is 16.5. The van der Waals surface area contributed by atoms with E-state index in [1.807, 2.05) is 45.2 Å². The highest BCUT2D eigenvalue weighted by Gasteiger charge is 2.13. The summed E-state index contributed by atoms with van der Waals surface area (Å²) in [6.45, 7) is 5.79. The summed E-state index contributed by atoms with van der Waals surface area (Å²) in [4.78, 5) is 26.7. The van der Waals surface area contributed by atoms with Crippen molar-refractivity contribution in [1.82, 2.24) is 10.3 Å². The number of hydrogen-bond acceptors (Lipinski definition) is 3. The molecule has 1 aromatic heterocycles. The maximum Gasteiger partial charge on any atom is 0.306 e. The molecule has 0 aliphatic heterocycles. The van der Waals surface area contributed by atoms with Crippen LogP contribution in [0.25, 0.3) is 10.9 Å². The summed E-state index contributed by atoms with van der Waals surface area (Å²) in [5.74, 6) is -0.232. The first-order chi connectivity index (χ1) is 11.5. The third kappa shape index (κ3) is 5.11. The van der Waals surface area contributed by atoms with Crippen LogP contribution in [0.5, 0.6) is 0 Å². The Labute approximate surface area is 142 Å².